The predicted octanol–water partition coefficient (Wildman–Crippen LogP) is 7.78. The zero-order valence-corrected chi connectivity index (χ0v) is 27.1. The van der Waals surface area contributed by atoms with Crippen molar-refractivity contribution in [1.29, 1.82) is 0 Å². The summed E-state index contributed by atoms with van der Waals surface area (Å²) in [7, 11) is 0. The van der Waals surface area contributed by atoms with E-state index in [1.807, 2.05) is 37.3 Å². The van der Waals surface area contributed by atoms with Gasteiger partial charge in [0.1, 0.15) is 11.3 Å². The Kier molecular flexibility index (Phi) is 8.21. The lowest BCUT2D eigenvalue weighted by Gasteiger charge is -2.44. The summed E-state index contributed by atoms with van der Waals surface area (Å²) in [4.78, 5) is 44.5. The van der Waals surface area contributed by atoms with Gasteiger partial charge in [0.2, 0.25) is 0 Å². The molecule has 232 valence electrons. The molecule has 1 N–H and O–H groups in total. The number of hydrogen-bond donors (Lipinski definition) is 1. The lowest BCUT2D eigenvalue weighted by molar-refractivity contribution is -0.122. The molecule has 0 unspecified atom stereocenters. The molecule has 46 heavy (non-hydrogen) atoms. The molecular formula is C38H34BrN3O4. The van der Waals surface area contributed by atoms with E-state index < -0.39 is 17.8 Å². The predicted molar refractivity (Wildman–Crippen MR) is 183 cm³/mol. The number of nitrogens with one attached hydrogen (secondary N) is 1. The van der Waals surface area contributed by atoms with Crippen LogP contribution in [0.5, 0.6) is 5.75 Å². The average Bonchev–Trinajstić information content (AvgIpc) is 3.07. The average molecular weight is 677 g/mol. The number of halogens is 1. The van der Waals surface area contributed by atoms with Gasteiger partial charge in [-0.25, -0.2) is 9.69 Å². The highest BCUT2D eigenvalue weighted by Gasteiger charge is 2.40. The quantitative estimate of drug-likeness (QED) is 0.160. The van der Waals surface area contributed by atoms with Crippen LogP contribution < -0.4 is 19.9 Å². The molecule has 0 bridgehead atoms. The van der Waals surface area contributed by atoms with Gasteiger partial charge in [0.15, 0.2) is 0 Å². The fourth-order valence-electron chi connectivity index (χ4n) is 6.99. The zero-order chi connectivity index (χ0) is 31.8. The van der Waals surface area contributed by atoms with E-state index in [4.69, 9.17) is 4.74 Å². The van der Waals surface area contributed by atoms with E-state index in [0.717, 1.165) is 52.9 Å². The lowest BCUT2D eigenvalue weighted by Crippen LogP contribution is -2.54. The normalized spacial score (nSPS) is 20.0. The molecule has 1 saturated heterocycles. The van der Waals surface area contributed by atoms with Gasteiger partial charge in [-0.2, -0.15) is 0 Å². The Morgan fingerprint density at radius 2 is 1.46 bits per heavy atom. The molecule has 0 radical (unpaired) electrons. The summed E-state index contributed by atoms with van der Waals surface area (Å²) in [5.74, 6) is -0.655. The molecule has 4 aromatic carbocycles. The zero-order valence-electron chi connectivity index (χ0n) is 25.5. The fourth-order valence-corrected chi connectivity index (χ4v) is 7.37. The van der Waals surface area contributed by atoms with E-state index in [9.17, 15) is 14.4 Å². The second kappa shape index (κ2) is 12.6. The molecule has 3 heterocycles. The van der Waals surface area contributed by atoms with Crippen molar-refractivity contribution in [3.05, 3.63) is 129 Å². The Balaban J connectivity index is 1.37. The van der Waals surface area contributed by atoms with Crippen molar-refractivity contribution in [2.24, 2.45) is 0 Å². The molecule has 0 aliphatic carbocycles. The van der Waals surface area contributed by atoms with E-state index in [0.29, 0.717) is 23.6 Å². The number of nitrogens with zero attached hydrogens (tertiary/aromatic N) is 2. The minimum Gasteiger partial charge on any atom is -0.493 e. The molecule has 2 atom stereocenters. The fraction of sp³-hybridized carbons (Fsp3) is 0.237. The molecule has 7 rings (SSSR count). The minimum atomic E-state index is -0.757. The Morgan fingerprint density at radius 1 is 0.848 bits per heavy atom. The maximum absolute atomic E-state index is 14.2. The van der Waals surface area contributed by atoms with Crippen LogP contribution in [0, 0.1) is 0 Å². The number of hydrogen-bond acceptors (Lipinski definition) is 5. The Bertz CT molecular complexity index is 1780. The van der Waals surface area contributed by atoms with Crippen LogP contribution >= 0.6 is 15.9 Å². The van der Waals surface area contributed by atoms with E-state index in [1.165, 1.54) is 22.9 Å². The third-order valence-corrected chi connectivity index (χ3v) is 9.59. The highest BCUT2D eigenvalue weighted by molar-refractivity contribution is 9.10. The Morgan fingerprint density at radius 3 is 2.04 bits per heavy atom. The van der Waals surface area contributed by atoms with Gasteiger partial charge in [-0.05, 0) is 77.9 Å². The van der Waals surface area contributed by atoms with E-state index in [2.05, 4.69) is 74.7 Å². The standard InChI is InChI=1S/C38H34BrN3O4/c1-2-19-46-34-14-13-27(39)20-26(34)21-33-36(43)40-38(45)42(37(33)44)28-22-31-29(24-9-5-3-6-10-24)15-17-41-18-16-30(32(23-28)35(31)41)25-11-7-4-8-12-25/h3-14,20-23,29-30H,2,15-19H2,1H3,(H,40,43,45)/b33-21+/t29-,30-/m1/s1. The molecule has 3 aliphatic rings. The van der Waals surface area contributed by atoms with Crippen molar-refractivity contribution < 1.29 is 19.1 Å². The van der Waals surface area contributed by atoms with Crippen LogP contribution in [0.25, 0.3) is 6.08 Å². The third-order valence-electron chi connectivity index (χ3n) is 9.09. The first kappa shape index (κ1) is 30.0. The first-order valence-electron chi connectivity index (χ1n) is 15.8. The molecule has 0 aromatic heterocycles. The summed E-state index contributed by atoms with van der Waals surface area (Å²) >= 11 is 3.49. The molecular weight excluding hydrogens is 642 g/mol. The van der Waals surface area contributed by atoms with Crippen molar-refractivity contribution in [2.45, 2.75) is 38.0 Å². The van der Waals surface area contributed by atoms with E-state index in [1.54, 1.807) is 12.1 Å². The Labute approximate surface area is 277 Å². The molecule has 4 aromatic rings. The molecule has 1 fully saturated rings. The molecule has 7 nitrogen and oxygen atoms in total. The number of carbonyl (C=O) groups is 3. The first-order chi connectivity index (χ1) is 22.4. The number of barbiturate groups is 1. The monoisotopic (exact) mass is 675 g/mol. The summed E-state index contributed by atoms with van der Waals surface area (Å²) in [6, 6.07) is 29.5. The summed E-state index contributed by atoms with van der Waals surface area (Å²) in [5, 5.41) is 2.43. The maximum Gasteiger partial charge on any atom is 0.335 e. The number of carbonyl (C=O) groups excluding carboxylic acids is 3. The van der Waals surface area contributed by atoms with Crippen LogP contribution in [0.4, 0.5) is 16.2 Å². The largest absolute Gasteiger partial charge is 0.493 e. The molecule has 3 aliphatic heterocycles. The molecule has 4 amide bonds. The van der Waals surface area contributed by atoms with Gasteiger partial charge in [0.05, 0.1) is 12.3 Å². The third kappa shape index (κ3) is 5.51. The number of imide groups is 2. The van der Waals surface area contributed by atoms with Crippen molar-refractivity contribution in [3.63, 3.8) is 0 Å². The summed E-state index contributed by atoms with van der Waals surface area (Å²) in [6.45, 7) is 4.36. The van der Waals surface area contributed by atoms with Crippen LogP contribution in [0.2, 0.25) is 0 Å². The highest BCUT2D eigenvalue weighted by Crippen LogP contribution is 2.50. The van der Waals surface area contributed by atoms with Crippen LogP contribution in [0.3, 0.4) is 0 Å². The van der Waals surface area contributed by atoms with Gasteiger partial charge < -0.3 is 9.64 Å². The van der Waals surface area contributed by atoms with Gasteiger partial charge in [-0.1, -0.05) is 83.5 Å². The van der Waals surface area contributed by atoms with Crippen molar-refractivity contribution >= 4 is 51.2 Å². The maximum atomic E-state index is 14.2. The van der Waals surface area contributed by atoms with Gasteiger partial charge >= 0.3 is 6.03 Å². The molecule has 8 heteroatoms. The highest BCUT2D eigenvalue weighted by atomic mass is 79.9. The van der Waals surface area contributed by atoms with Gasteiger partial charge in [-0.15, -0.1) is 0 Å². The second-order valence-corrected chi connectivity index (χ2v) is 12.9. The number of rotatable bonds is 7. The van der Waals surface area contributed by atoms with Crippen LogP contribution in [0.1, 0.15) is 65.8 Å². The SMILES string of the molecule is CCCOc1ccc(Br)cc1/C=C1\C(=O)NC(=O)N(c2cc3c4c(c2)[C@@H](c2ccccc2)CCN4CC[C@@H]3c2ccccc2)C1=O. The Hall–Kier alpha value is -4.69. The van der Waals surface area contributed by atoms with Crippen LogP contribution in [0.15, 0.2) is 101 Å². The summed E-state index contributed by atoms with van der Waals surface area (Å²) in [6.07, 6.45) is 4.16. The van der Waals surface area contributed by atoms with Crippen molar-refractivity contribution in [2.75, 3.05) is 29.5 Å². The van der Waals surface area contributed by atoms with Gasteiger partial charge in [-0.3, -0.25) is 14.9 Å². The number of amides is 4. The van der Waals surface area contributed by atoms with E-state index >= 15 is 0 Å². The van der Waals surface area contributed by atoms with Crippen LogP contribution in [-0.4, -0.2) is 37.5 Å². The molecule has 0 saturated carbocycles. The van der Waals surface area contributed by atoms with Crippen molar-refractivity contribution in [3.8, 4) is 5.75 Å². The summed E-state index contributed by atoms with van der Waals surface area (Å²) in [5.41, 5.74) is 6.66. The number of anilines is 2. The number of benzene rings is 4. The van der Waals surface area contributed by atoms with Gasteiger partial charge in [0.25, 0.3) is 11.8 Å². The lowest BCUT2D eigenvalue weighted by atomic mass is 9.76. The van der Waals surface area contributed by atoms with Crippen molar-refractivity contribution in [1.82, 2.24) is 5.32 Å². The van der Waals surface area contributed by atoms with E-state index in [-0.39, 0.29) is 17.4 Å². The number of ether oxygens (including phenoxy) is 1. The first-order valence-corrected chi connectivity index (χ1v) is 16.6. The second-order valence-electron chi connectivity index (χ2n) is 12.0. The van der Waals surface area contributed by atoms with Gasteiger partial charge in [0, 0.05) is 40.6 Å². The smallest absolute Gasteiger partial charge is 0.335 e. The number of urea groups is 1. The van der Waals surface area contributed by atoms with Crippen LogP contribution in [-0.2, 0) is 9.59 Å². The summed E-state index contributed by atoms with van der Waals surface area (Å²) < 4.78 is 6.68. The minimum absolute atomic E-state index is 0.0974. The topological polar surface area (TPSA) is 79.0 Å². The molecule has 0 spiro atoms.